The van der Waals surface area contributed by atoms with E-state index in [1.807, 2.05) is 12.1 Å². The molecule has 1 fully saturated rings. The number of pyridine rings is 1. The molecule has 96 valence electrons. The maximum absolute atomic E-state index is 11.7. The number of nitrogens with two attached hydrogens (primary N) is 1. The first-order valence-corrected chi connectivity index (χ1v) is 5.91. The van der Waals surface area contributed by atoms with Gasteiger partial charge in [0.2, 0.25) is 5.91 Å². The Hall–Kier alpha value is -2.63. The molecule has 2 heterocycles. The van der Waals surface area contributed by atoms with Crippen LogP contribution in [0.4, 0.5) is 16.3 Å². The Morgan fingerprint density at radius 2 is 2.16 bits per heavy atom. The second-order valence-corrected chi connectivity index (χ2v) is 4.37. The van der Waals surface area contributed by atoms with Gasteiger partial charge >= 0.3 is 6.03 Å². The van der Waals surface area contributed by atoms with Gasteiger partial charge in [-0.05, 0) is 17.5 Å². The smallest absolute Gasteiger partial charge is 0.329 e. The molecule has 0 aliphatic carbocycles. The quantitative estimate of drug-likeness (QED) is 0.752. The van der Waals surface area contributed by atoms with Crippen LogP contribution in [0.2, 0.25) is 0 Å². The molecule has 1 aliphatic rings. The highest BCUT2D eigenvalue weighted by Crippen LogP contribution is 2.24. The monoisotopic (exact) mass is 256 g/mol. The van der Waals surface area contributed by atoms with Gasteiger partial charge in [0.05, 0.1) is 0 Å². The molecule has 3 amide bonds. The number of amides is 3. The summed E-state index contributed by atoms with van der Waals surface area (Å²) in [6.45, 7) is 0.339. The molecular weight excluding hydrogens is 244 g/mol. The van der Waals surface area contributed by atoms with Crippen molar-refractivity contribution in [3.05, 3.63) is 30.5 Å². The van der Waals surface area contributed by atoms with Crippen LogP contribution in [0, 0.1) is 0 Å². The van der Waals surface area contributed by atoms with Crippen LogP contribution in [0.15, 0.2) is 30.5 Å². The van der Waals surface area contributed by atoms with E-state index in [4.69, 9.17) is 5.73 Å². The normalized spacial score (nSPS) is 15.7. The molecule has 1 aliphatic heterocycles. The van der Waals surface area contributed by atoms with E-state index >= 15 is 0 Å². The summed E-state index contributed by atoms with van der Waals surface area (Å²) in [4.78, 5) is 28.5. The largest absolute Gasteiger partial charge is 0.398 e. The number of benzene rings is 1. The molecule has 0 radical (unpaired) electrons. The van der Waals surface area contributed by atoms with Crippen LogP contribution in [0.3, 0.4) is 0 Å². The Kier molecular flexibility index (Phi) is 2.56. The zero-order valence-corrected chi connectivity index (χ0v) is 10.1. The Morgan fingerprint density at radius 1 is 1.32 bits per heavy atom. The van der Waals surface area contributed by atoms with Crippen molar-refractivity contribution in [2.45, 2.75) is 6.42 Å². The summed E-state index contributed by atoms with van der Waals surface area (Å²) in [6, 6.07) is 6.91. The highest BCUT2D eigenvalue weighted by molar-refractivity contribution is 6.06. The van der Waals surface area contributed by atoms with Crippen molar-refractivity contribution in [3.8, 4) is 0 Å². The van der Waals surface area contributed by atoms with Gasteiger partial charge in [0.15, 0.2) is 0 Å². The van der Waals surface area contributed by atoms with E-state index in [1.54, 1.807) is 18.3 Å². The fraction of sp³-hybridized carbons (Fsp3) is 0.154. The summed E-state index contributed by atoms with van der Waals surface area (Å²) >= 11 is 0. The molecule has 0 saturated carbocycles. The van der Waals surface area contributed by atoms with Gasteiger partial charge in [-0.2, -0.15) is 0 Å². The number of urea groups is 1. The van der Waals surface area contributed by atoms with Crippen LogP contribution in [0.25, 0.3) is 10.8 Å². The lowest BCUT2D eigenvalue weighted by Crippen LogP contribution is -2.49. The molecule has 2 aromatic rings. The van der Waals surface area contributed by atoms with Crippen LogP contribution in [0.1, 0.15) is 6.42 Å². The standard InChI is InChI=1S/C13H12N4O2/c14-10-3-1-2-8-6-11(15-7-9(8)10)17-5-4-12(18)16-13(17)19/h1-3,6-7H,4-5,14H2,(H,16,18,19). The van der Waals surface area contributed by atoms with Crippen LogP contribution >= 0.6 is 0 Å². The van der Waals surface area contributed by atoms with Gasteiger partial charge in [0, 0.05) is 30.2 Å². The molecule has 1 aromatic carbocycles. The molecule has 0 spiro atoms. The number of fused-ring (bicyclic) bond motifs is 1. The predicted octanol–water partition coefficient (Wildman–Crippen LogP) is 1.26. The number of carbonyl (C=O) groups excluding carboxylic acids is 2. The zero-order valence-electron chi connectivity index (χ0n) is 10.1. The molecule has 0 atom stereocenters. The Labute approximate surface area is 109 Å². The second-order valence-electron chi connectivity index (χ2n) is 4.37. The van der Waals surface area contributed by atoms with Crippen molar-refractivity contribution in [3.63, 3.8) is 0 Å². The van der Waals surface area contributed by atoms with Crippen LogP contribution in [-0.2, 0) is 4.79 Å². The number of rotatable bonds is 1. The van der Waals surface area contributed by atoms with Crippen LogP contribution in [-0.4, -0.2) is 23.5 Å². The van der Waals surface area contributed by atoms with Crippen LogP contribution < -0.4 is 16.0 Å². The van der Waals surface area contributed by atoms with Crippen molar-refractivity contribution >= 4 is 34.2 Å². The third kappa shape index (κ3) is 1.97. The minimum absolute atomic E-state index is 0.258. The molecule has 0 unspecified atom stereocenters. The lowest BCUT2D eigenvalue weighted by Gasteiger charge is -2.25. The molecule has 19 heavy (non-hydrogen) atoms. The molecular formula is C13H12N4O2. The maximum atomic E-state index is 11.7. The molecule has 6 heteroatoms. The lowest BCUT2D eigenvalue weighted by molar-refractivity contribution is -0.120. The number of carbonyl (C=O) groups is 2. The topological polar surface area (TPSA) is 88.3 Å². The number of hydrogen-bond donors (Lipinski definition) is 2. The summed E-state index contributed by atoms with van der Waals surface area (Å²) in [5.74, 6) is 0.259. The van der Waals surface area contributed by atoms with Gasteiger partial charge in [-0.15, -0.1) is 0 Å². The Morgan fingerprint density at radius 3 is 2.95 bits per heavy atom. The first kappa shape index (κ1) is 11.5. The molecule has 3 N–H and O–H groups in total. The highest BCUT2D eigenvalue weighted by atomic mass is 16.2. The van der Waals surface area contributed by atoms with E-state index < -0.39 is 6.03 Å². The predicted molar refractivity (Wildman–Crippen MR) is 71.7 cm³/mol. The summed E-state index contributed by atoms with van der Waals surface area (Å²) in [5, 5.41) is 4.03. The van der Waals surface area contributed by atoms with Gasteiger partial charge in [0.1, 0.15) is 5.82 Å². The third-order valence-electron chi connectivity index (χ3n) is 3.11. The minimum Gasteiger partial charge on any atom is -0.398 e. The summed E-state index contributed by atoms with van der Waals surface area (Å²) in [6.07, 6.45) is 1.92. The van der Waals surface area contributed by atoms with E-state index in [0.717, 1.165) is 10.8 Å². The summed E-state index contributed by atoms with van der Waals surface area (Å²) in [5.41, 5.74) is 6.50. The number of hydrogen-bond acceptors (Lipinski definition) is 4. The minimum atomic E-state index is -0.438. The Balaban J connectivity index is 2.02. The van der Waals surface area contributed by atoms with Gasteiger partial charge < -0.3 is 5.73 Å². The fourth-order valence-corrected chi connectivity index (χ4v) is 2.11. The number of nitrogens with zero attached hydrogens (tertiary/aromatic N) is 2. The molecule has 0 bridgehead atoms. The summed E-state index contributed by atoms with van der Waals surface area (Å²) in [7, 11) is 0. The van der Waals surface area contributed by atoms with Crippen molar-refractivity contribution < 1.29 is 9.59 Å². The van der Waals surface area contributed by atoms with Crippen molar-refractivity contribution in [2.24, 2.45) is 0 Å². The molecule has 3 rings (SSSR count). The average Bonchev–Trinajstić information content (AvgIpc) is 2.38. The number of anilines is 2. The number of nitrogen functional groups attached to an aromatic ring is 1. The van der Waals surface area contributed by atoms with Crippen molar-refractivity contribution in [2.75, 3.05) is 17.2 Å². The molecule has 1 saturated heterocycles. The van der Waals surface area contributed by atoms with E-state index in [9.17, 15) is 9.59 Å². The SMILES string of the molecule is Nc1cccc2cc(N3CCC(=O)NC3=O)ncc12. The Bertz CT molecular complexity index is 683. The van der Waals surface area contributed by atoms with E-state index in [-0.39, 0.29) is 12.3 Å². The first-order valence-electron chi connectivity index (χ1n) is 5.91. The number of nitrogens with one attached hydrogen (secondary N) is 1. The lowest BCUT2D eigenvalue weighted by atomic mass is 10.1. The molecule has 1 aromatic heterocycles. The summed E-state index contributed by atoms with van der Waals surface area (Å²) < 4.78 is 0. The van der Waals surface area contributed by atoms with E-state index in [0.29, 0.717) is 18.1 Å². The van der Waals surface area contributed by atoms with Crippen molar-refractivity contribution in [1.82, 2.24) is 10.3 Å². The van der Waals surface area contributed by atoms with Gasteiger partial charge in [-0.1, -0.05) is 12.1 Å². The molecule has 6 nitrogen and oxygen atoms in total. The van der Waals surface area contributed by atoms with Crippen molar-refractivity contribution in [1.29, 1.82) is 0 Å². The van der Waals surface area contributed by atoms with E-state index in [2.05, 4.69) is 10.3 Å². The second kappa shape index (κ2) is 4.24. The first-order chi connectivity index (χ1) is 9.15. The van der Waals surface area contributed by atoms with Gasteiger partial charge in [-0.25, -0.2) is 9.78 Å². The number of aromatic nitrogens is 1. The highest BCUT2D eigenvalue weighted by Gasteiger charge is 2.25. The third-order valence-corrected chi connectivity index (χ3v) is 3.11. The fourth-order valence-electron chi connectivity index (χ4n) is 2.11. The maximum Gasteiger partial charge on any atom is 0.329 e. The van der Waals surface area contributed by atoms with Crippen LogP contribution in [0.5, 0.6) is 0 Å². The van der Waals surface area contributed by atoms with Gasteiger partial charge in [0.25, 0.3) is 0 Å². The van der Waals surface area contributed by atoms with Gasteiger partial charge in [-0.3, -0.25) is 15.0 Å². The number of imide groups is 1. The van der Waals surface area contributed by atoms with E-state index in [1.165, 1.54) is 4.90 Å². The zero-order chi connectivity index (χ0) is 13.4. The average molecular weight is 256 g/mol.